The molecule has 2 heterocycles. The monoisotopic (exact) mass is 473 g/mol. The lowest BCUT2D eigenvalue weighted by atomic mass is 9.94. The number of hydrogen-bond acceptors (Lipinski definition) is 6. The van der Waals surface area contributed by atoms with Gasteiger partial charge in [-0.1, -0.05) is 29.9 Å². The summed E-state index contributed by atoms with van der Waals surface area (Å²) in [5, 5.41) is 7.23. The van der Waals surface area contributed by atoms with Crippen LogP contribution >= 0.6 is 0 Å². The molecule has 2 amide bonds. The van der Waals surface area contributed by atoms with Crippen LogP contribution in [-0.2, 0) is 4.74 Å². The Kier molecular flexibility index (Phi) is 6.38. The largest absolute Gasteiger partial charge is 0.496 e. The van der Waals surface area contributed by atoms with E-state index in [1.807, 2.05) is 6.08 Å². The number of para-hydroxylation sites is 1. The van der Waals surface area contributed by atoms with E-state index in [1.165, 1.54) is 11.8 Å². The molecule has 4 rings (SSSR count). The summed E-state index contributed by atoms with van der Waals surface area (Å²) in [6, 6.07) is 6.13. The Bertz CT molecular complexity index is 1190. The van der Waals surface area contributed by atoms with Crippen LogP contribution in [0.25, 0.3) is 5.57 Å². The Morgan fingerprint density at radius 2 is 2.06 bits per heavy atom. The first-order valence-electron chi connectivity index (χ1n) is 10.7. The number of nitrogens with zero attached hydrogens (tertiary/aromatic N) is 2. The molecule has 0 radical (unpaired) electrons. The van der Waals surface area contributed by atoms with Gasteiger partial charge >= 0.3 is 6.11 Å². The standard InChI is InChI=1S/C23H25F2N5O4/c1-33-17-5-3-2-4-16(17)22(32)28-11-13-6-8-14(9-7-13)19-18(21(27)31)20(26)30(29-19)15-10-23(24,25)34-12-15/h2-6,8,15H,7,9-12,26H2,1H3,(H2,27,31)(H,28,32). The van der Waals surface area contributed by atoms with Gasteiger partial charge in [0.2, 0.25) is 0 Å². The van der Waals surface area contributed by atoms with Gasteiger partial charge in [-0.05, 0) is 30.5 Å². The summed E-state index contributed by atoms with van der Waals surface area (Å²) in [6.45, 7) is 0.0555. The zero-order valence-electron chi connectivity index (χ0n) is 18.5. The number of primary amides is 1. The lowest BCUT2D eigenvalue weighted by molar-refractivity contribution is -0.205. The van der Waals surface area contributed by atoms with Gasteiger partial charge < -0.3 is 26.3 Å². The van der Waals surface area contributed by atoms with E-state index in [1.54, 1.807) is 30.3 Å². The van der Waals surface area contributed by atoms with E-state index in [4.69, 9.17) is 16.2 Å². The van der Waals surface area contributed by atoms with Crippen molar-refractivity contribution in [1.29, 1.82) is 0 Å². The highest BCUT2D eigenvalue weighted by atomic mass is 19.3. The number of ether oxygens (including phenoxy) is 2. The molecule has 1 aromatic carbocycles. The van der Waals surface area contributed by atoms with Gasteiger partial charge in [0, 0.05) is 6.54 Å². The van der Waals surface area contributed by atoms with Gasteiger partial charge in [0.1, 0.15) is 22.8 Å². The third kappa shape index (κ3) is 4.65. The molecule has 1 atom stereocenters. The van der Waals surface area contributed by atoms with Crippen molar-refractivity contribution in [3.8, 4) is 5.75 Å². The zero-order valence-corrected chi connectivity index (χ0v) is 18.5. The number of nitrogens with two attached hydrogens (primary N) is 2. The fourth-order valence-corrected chi connectivity index (χ4v) is 4.11. The van der Waals surface area contributed by atoms with E-state index in [-0.39, 0.29) is 29.6 Å². The van der Waals surface area contributed by atoms with Crippen molar-refractivity contribution in [2.75, 3.05) is 26.0 Å². The van der Waals surface area contributed by atoms with Crippen LogP contribution in [0.5, 0.6) is 5.75 Å². The lowest BCUT2D eigenvalue weighted by Gasteiger charge is -2.15. The molecule has 5 N–H and O–H groups in total. The SMILES string of the molecule is COc1ccccc1C(=O)NCC1=CC=C(c2nn(C3COC(F)(F)C3)c(N)c2C(N)=O)CC1. The number of halogens is 2. The molecular formula is C23H25F2N5O4. The number of nitrogens with one attached hydrogen (secondary N) is 1. The quantitative estimate of drug-likeness (QED) is 0.566. The highest BCUT2D eigenvalue weighted by molar-refractivity contribution is 6.02. The molecule has 2 aliphatic rings. The van der Waals surface area contributed by atoms with Crippen LogP contribution < -0.4 is 21.5 Å². The molecule has 1 aliphatic heterocycles. The molecule has 1 unspecified atom stereocenters. The molecule has 0 bridgehead atoms. The van der Waals surface area contributed by atoms with E-state index >= 15 is 0 Å². The minimum absolute atomic E-state index is 0.00258. The van der Waals surface area contributed by atoms with E-state index in [9.17, 15) is 18.4 Å². The third-order valence-corrected chi connectivity index (χ3v) is 5.87. The van der Waals surface area contributed by atoms with Crippen molar-refractivity contribution >= 4 is 23.2 Å². The maximum atomic E-state index is 13.5. The van der Waals surface area contributed by atoms with Crippen LogP contribution in [0.3, 0.4) is 0 Å². The van der Waals surface area contributed by atoms with Gasteiger partial charge in [0.25, 0.3) is 11.8 Å². The number of rotatable bonds is 7. The van der Waals surface area contributed by atoms with Gasteiger partial charge in [0.05, 0.1) is 31.7 Å². The number of aromatic nitrogens is 2. The molecule has 1 fully saturated rings. The molecule has 9 nitrogen and oxygen atoms in total. The summed E-state index contributed by atoms with van der Waals surface area (Å²) in [5.74, 6) is -0.624. The van der Waals surface area contributed by atoms with Gasteiger partial charge in [-0.2, -0.15) is 13.9 Å². The number of allylic oxidation sites excluding steroid dienone is 3. The normalized spacial score (nSPS) is 19.3. The predicted octanol–water partition coefficient (Wildman–Crippen LogP) is 2.66. The van der Waals surface area contributed by atoms with Crippen LogP contribution in [0.2, 0.25) is 0 Å². The molecule has 1 saturated heterocycles. The fourth-order valence-electron chi connectivity index (χ4n) is 4.11. The summed E-state index contributed by atoms with van der Waals surface area (Å²) < 4.78 is 37.9. The average Bonchev–Trinajstić information content (AvgIpc) is 3.36. The molecule has 180 valence electrons. The Labute approximate surface area is 194 Å². The van der Waals surface area contributed by atoms with Crippen LogP contribution in [0, 0.1) is 0 Å². The number of carbonyl (C=O) groups is 2. The number of amides is 2. The summed E-state index contributed by atoms with van der Waals surface area (Å²) in [6.07, 6.45) is 0.830. The van der Waals surface area contributed by atoms with Gasteiger partial charge in [0.15, 0.2) is 0 Å². The van der Waals surface area contributed by atoms with Crippen molar-refractivity contribution in [1.82, 2.24) is 15.1 Å². The van der Waals surface area contributed by atoms with Crippen LogP contribution in [0.1, 0.15) is 51.7 Å². The first-order chi connectivity index (χ1) is 16.2. The molecular weight excluding hydrogens is 448 g/mol. The summed E-state index contributed by atoms with van der Waals surface area (Å²) >= 11 is 0. The van der Waals surface area contributed by atoms with Crippen molar-refractivity contribution in [2.24, 2.45) is 5.73 Å². The Morgan fingerprint density at radius 1 is 1.29 bits per heavy atom. The number of nitrogen functional groups attached to an aromatic ring is 1. The third-order valence-electron chi connectivity index (χ3n) is 5.87. The second-order valence-electron chi connectivity index (χ2n) is 8.12. The first-order valence-corrected chi connectivity index (χ1v) is 10.7. The highest BCUT2D eigenvalue weighted by Crippen LogP contribution is 2.39. The number of carbonyl (C=O) groups excluding carboxylic acids is 2. The van der Waals surface area contributed by atoms with Crippen LogP contribution in [0.15, 0.2) is 42.0 Å². The zero-order chi connectivity index (χ0) is 24.5. The average molecular weight is 473 g/mol. The Hall–Kier alpha value is -3.73. The molecule has 2 aromatic rings. The number of alkyl halides is 2. The molecule has 34 heavy (non-hydrogen) atoms. The van der Waals surface area contributed by atoms with Crippen molar-refractivity contribution in [2.45, 2.75) is 31.4 Å². The number of benzene rings is 1. The second-order valence-corrected chi connectivity index (χ2v) is 8.12. The van der Waals surface area contributed by atoms with Crippen molar-refractivity contribution < 1.29 is 27.8 Å². The molecule has 0 spiro atoms. The summed E-state index contributed by atoms with van der Waals surface area (Å²) in [7, 11) is 1.50. The molecule has 1 aliphatic carbocycles. The van der Waals surface area contributed by atoms with E-state index in [0.717, 1.165) is 5.57 Å². The second kappa shape index (κ2) is 9.26. The van der Waals surface area contributed by atoms with Gasteiger partial charge in [-0.25, -0.2) is 4.68 Å². The topological polar surface area (TPSA) is 134 Å². The van der Waals surface area contributed by atoms with E-state index < -0.39 is 24.5 Å². The van der Waals surface area contributed by atoms with Crippen molar-refractivity contribution in [3.63, 3.8) is 0 Å². The minimum Gasteiger partial charge on any atom is -0.496 e. The number of hydrogen-bond donors (Lipinski definition) is 3. The fraction of sp³-hybridized carbons (Fsp3) is 0.348. The Balaban J connectivity index is 1.51. The summed E-state index contributed by atoms with van der Waals surface area (Å²) in [5.41, 5.74) is 14.0. The predicted molar refractivity (Wildman–Crippen MR) is 120 cm³/mol. The molecule has 0 saturated carbocycles. The molecule has 1 aromatic heterocycles. The van der Waals surface area contributed by atoms with E-state index in [0.29, 0.717) is 36.3 Å². The number of anilines is 1. The number of methoxy groups -OCH3 is 1. The van der Waals surface area contributed by atoms with E-state index in [2.05, 4.69) is 15.2 Å². The summed E-state index contributed by atoms with van der Waals surface area (Å²) in [4.78, 5) is 24.6. The van der Waals surface area contributed by atoms with Crippen LogP contribution in [-0.4, -0.2) is 48.0 Å². The maximum absolute atomic E-state index is 13.5. The van der Waals surface area contributed by atoms with Crippen molar-refractivity contribution in [3.05, 3.63) is 58.8 Å². The highest BCUT2D eigenvalue weighted by Gasteiger charge is 2.43. The maximum Gasteiger partial charge on any atom is 0.357 e. The van der Waals surface area contributed by atoms with Gasteiger partial charge in [-0.3, -0.25) is 9.59 Å². The smallest absolute Gasteiger partial charge is 0.357 e. The lowest BCUT2D eigenvalue weighted by Crippen LogP contribution is -2.26. The van der Waals surface area contributed by atoms with Crippen LogP contribution in [0.4, 0.5) is 14.6 Å². The first kappa shape index (κ1) is 23.4. The Morgan fingerprint density at radius 3 is 2.68 bits per heavy atom. The minimum atomic E-state index is -3.27. The molecule has 11 heteroatoms. The van der Waals surface area contributed by atoms with Gasteiger partial charge in [-0.15, -0.1) is 0 Å².